The predicted molar refractivity (Wildman–Crippen MR) is 78.3 cm³/mol. The molecule has 2 rings (SSSR count). The highest BCUT2D eigenvalue weighted by molar-refractivity contribution is 7.99. The van der Waals surface area contributed by atoms with Crippen molar-refractivity contribution in [1.29, 1.82) is 0 Å². The van der Waals surface area contributed by atoms with Crippen LogP contribution in [0.2, 0.25) is 0 Å². The highest BCUT2D eigenvalue weighted by Crippen LogP contribution is 2.21. The molecule has 100 valence electrons. The molecule has 1 aromatic carbocycles. The van der Waals surface area contributed by atoms with E-state index in [1.54, 1.807) is 0 Å². The van der Waals surface area contributed by atoms with Crippen molar-refractivity contribution < 1.29 is 5.11 Å². The SMILES string of the molecule is Cc1ccc(SCCN2CCC(O)CC2)cc1C. The average Bonchev–Trinajstić information content (AvgIpc) is 2.36. The predicted octanol–water partition coefficient (Wildman–Crippen LogP) is 2.85. The number of thioether (sulfide) groups is 1. The Labute approximate surface area is 114 Å². The molecule has 1 aromatic rings. The zero-order valence-electron chi connectivity index (χ0n) is 11.4. The second-order valence-corrected chi connectivity index (χ2v) is 6.34. The van der Waals surface area contributed by atoms with E-state index in [1.807, 2.05) is 11.8 Å². The van der Waals surface area contributed by atoms with Crippen LogP contribution in [0.15, 0.2) is 23.1 Å². The zero-order valence-corrected chi connectivity index (χ0v) is 12.2. The summed E-state index contributed by atoms with van der Waals surface area (Å²) < 4.78 is 0. The first-order valence-electron chi connectivity index (χ1n) is 6.75. The molecule has 1 fully saturated rings. The monoisotopic (exact) mass is 265 g/mol. The van der Waals surface area contributed by atoms with Crippen molar-refractivity contribution in [2.75, 3.05) is 25.4 Å². The van der Waals surface area contributed by atoms with Gasteiger partial charge in [-0.25, -0.2) is 0 Å². The summed E-state index contributed by atoms with van der Waals surface area (Å²) >= 11 is 1.93. The number of rotatable bonds is 4. The van der Waals surface area contributed by atoms with Crippen molar-refractivity contribution >= 4 is 11.8 Å². The van der Waals surface area contributed by atoms with Crippen LogP contribution in [0.3, 0.4) is 0 Å². The first-order valence-corrected chi connectivity index (χ1v) is 7.74. The van der Waals surface area contributed by atoms with E-state index in [2.05, 4.69) is 36.9 Å². The Hall–Kier alpha value is -0.510. The summed E-state index contributed by atoms with van der Waals surface area (Å²) in [7, 11) is 0. The molecule has 0 aliphatic carbocycles. The molecule has 1 aliphatic rings. The van der Waals surface area contributed by atoms with Crippen LogP contribution in [-0.4, -0.2) is 41.5 Å². The lowest BCUT2D eigenvalue weighted by Crippen LogP contribution is -2.37. The van der Waals surface area contributed by atoms with Gasteiger partial charge in [-0.15, -0.1) is 11.8 Å². The van der Waals surface area contributed by atoms with Crippen LogP contribution in [0, 0.1) is 13.8 Å². The summed E-state index contributed by atoms with van der Waals surface area (Å²) in [5.74, 6) is 1.14. The second-order valence-electron chi connectivity index (χ2n) is 5.17. The third-order valence-electron chi connectivity index (χ3n) is 3.71. The van der Waals surface area contributed by atoms with Crippen molar-refractivity contribution in [3.8, 4) is 0 Å². The highest BCUT2D eigenvalue weighted by Gasteiger charge is 2.16. The molecule has 18 heavy (non-hydrogen) atoms. The van der Waals surface area contributed by atoms with Gasteiger partial charge in [0.15, 0.2) is 0 Å². The molecule has 1 aliphatic heterocycles. The van der Waals surface area contributed by atoms with Gasteiger partial charge in [-0.1, -0.05) is 6.07 Å². The molecule has 0 unspecified atom stereocenters. The fourth-order valence-corrected chi connectivity index (χ4v) is 3.25. The first kappa shape index (κ1) is 13.9. The fourth-order valence-electron chi connectivity index (χ4n) is 2.24. The van der Waals surface area contributed by atoms with Gasteiger partial charge < -0.3 is 10.0 Å². The van der Waals surface area contributed by atoms with Crippen LogP contribution in [-0.2, 0) is 0 Å². The smallest absolute Gasteiger partial charge is 0.0564 e. The van der Waals surface area contributed by atoms with Gasteiger partial charge in [-0.2, -0.15) is 0 Å². The Morgan fingerprint density at radius 3 is 2.61 bits per heavy atom. The number of aliphatic hydroxyl groups is 1. The summed E-state index contributed by atoms with van der Waals surface area (Å²) in [6, 6.07) is 6.70. The van der Waals surface area contributed by atoms with E-state index in [4.69, 9.17) is 0 Å². The third-order valence-corrected chi connectivity index (χ3v) is 4.69. The van der Waals surface area contributed by atoms with Crippen molar-refractivity contribution in [1.82, 2.24) is 4.90 Å². The number of piperidine rings is 1. The number of hydrogen-bond acceptors (Lipinski definition) is 3. The van der Waals surface area contributed by atoms with Crippen molar-refractivity contribution in [3.05, 3.63) is 29.3 Å². The lowest BCUT2D eigenvalue weighted by molar-refractivity contribution is 0.0857. The highest BCUT2D eigenvalue weighted by atomic mass is 32.2. The zero-order chi connectivity index (χ0) is 13.0. The Balaban J connectivity index is 1.73. The van der Waals surface area contributed by atoms with Gasteiger partial charge in [0.2, 0.25) is 0 Å². The maximum atomic E-state index is 9.46. The molecule has 0 amide bonds. The Morgan fingerprint density at radius 2 is 1.94 bits per heavy atom. The summed E-state index contributed by atoms with van der Waals surface area (Å²) in [6.07, 6.45) is 1.82. The van der Waals surface area contributed by atoms with Gasteiger partial charge in [0.1, 0.15) is 0 Å². The summed E-state index contributed by atoms with van der Waals surface area (Å²) in [4.78, 5) is 3.83. The van der Waals surface area contributed by atoms with Crippen molar-refractivity contribution in [3.63, 3.8) is 0 Å². The van der Waals surface area contributed by atoms with E-state index >= 15 is 0 Å². The molecule has 0 bridgehead atoms. The molecule has 0 saturated carbocycles. The molecule has 0 atom stereocenters. The Kier molecular flexibility index (Phi) is 5.10. The molecule has 0 radical (unpaired) electrons. The number of aliphatic hydroxyl groups excluding tert-OH is 1. The number of aryl methyl sites for hydroxylation is 2. The number of hydrogen-bond donors (Lipinski definition) is 1. The van der Waals surface area contributed by atoms with Gasteiger partial charge in [0.25, 0.3) is 0 Å². The van der Waals surface area contributed by atoms with E-state index in [9.17, 15) is 5.11 Å². The van der Waals surface area contributed by atoms with Crippen LogP contribution >= 0.6 is 11.8 Å². The molecular weight excluding hydrogens is 242 g/mol. The van der Waals surface area contributed by atoms with Crippen LogP contribution in [0.4, 0.5) is 0 Å². The van der Waals surface area contributed by atoms with E-state index in [0.29, 0.717) is 0 Å². The van der Waals surface area contributed by atoms with Gasteiger partial charge in [-0.05, 0) is 49.9 Å². The van der Waals surface area contributed by atoms with Gasteiger partial charge in [0, 0.05) is 30.3 Å². The lowest BCUT2D eigenvalue weighted by atomic mass is 10.1. The first-order chi connectivity index (χ1) is 8.65. The maximum Gasteiger partial charge on any atom is 0.0564 e. The number of benzene rings is 1. The van der Waals surface area contributed by atoms with E-state index < -0.39 is 0 Å². The summed E-state index contributed by atoms with van der Waals surface area (Å²) in [5.41, 5.74) is 2.74. The standard InChI is InChI=1S/C15H23NOS/c1-12-3-4-15(11-13(12)2)18-10-9-16-7-5-14(17)6-8-16/h3-4,11,14,17H,5-10H2,1-2H3. The topological polar surface area (TPSA) is 23.5 Å². The van der Waals surface area contributed by atoms with Crippen LogP contribution in [0.5, 0.6) is 0 Å². The van der Waals surface area contributed by atoms with E-state index in [0.717, 1.165) is 38.2 Å². The van der Waals surface area contributed by atoms with Gasteiger partial charge in [0.05, 0.1) is 6.10 Å². The number of nitrogens with zero attached hydrogens (tertiary/aromatic N) is 1. The van der Waals surface area contributed by atoms with Crippen LogP contribution in [0.1, 0.15) is 24.0 Å². The summed E-state index contributed by atoms with van der Waals surface area (Å²) in [6.45, 7) is 7.56. The second kappa shape index (κ2) is 6.60. The fraction of sp³-hybridized carbons (Fsp3) is 0.600. The minimum Gasteiger partial charge on any atom is -0.393 e. The molecular formula is C15H23NOS. The van der Waals surface area contributed by atoms with Gasteiger partial charge >= 0.3 is 0 Å². The molecule has 0 spiro atoms. The molecule has 0 aromatic heterocycles. The van der Waals surface area contributed by atoms with Gasteiger partial charge in [-0.3, -0.25) is 0 Å². The van der Waals surface area contributed by atoms with Crippen molar-refractivity contribution in [2.45, 2.75) is 37.7 Å². The van der Waals surface area contributed by atoms with E-state index in [1.165, 1.54) is 16.0 Å². The normalized spacial score (nSPS) is 18.2. The summed E-state index contributed by atoms with van der Waals surface area (Å²) in [5, 5.41) is 9.46. The third kappa shape index (κ3) is 4.01. The quantitative estimate of drug-likeness (QED) is 0.847. The minimum atomic E-state index is -0.0614. The molecule has 2 nitrogen and oxygen atoms in total. The molecule has 1 heterocycles. The van der Waals surface area contributed by atoms with E-state index in [-0.39, 0.29) is 6.10 Å². The van der Waals surface area contributed by atoms with Crippen molar-refractivity contribution in [2.24, 2.45) is 0 Å². The molecule has 1 saturated heterocycles. The number of likely N-dealkylation sites (tertiary alicyclic amines) is 1. The van der Waals surface area contributed by atoms with Crippen LogP contribution < -0.4 is 0 Å². The minimum absolute atomic E-state index is 0.0614. The Bertz CT molecular complexity index is 386. The van der Waals surface area contributed by atoms with Crippen LogP contribution in [0.25, 0.3) is 0 Å². The molecule has 1 N–H and O–H groups in total. The lowest BCUT2D eigenvalue weighted by Gasteiger charge is -2.29. The molecule has 3 heteroatoms. The largest absolute Gasteiger partial charge is 0.393 e. The average molecular weight is 265 g/mol. The maximum absolute atomic E-state index is 9.46. The Morgan fingerprint density at radius 1 is 1.22 bits per heavy atom.